The molecule has 0 aromatic rings. The van der Waals surface area contributed by atoms with E-state index in [1.807, 2.05) is 0 Å². The molecule has 0 aliphatic carbocycles. The van der Waals surface area contributed by atoms with Crippen molar-refractivity contribution in [2.24, 2.45) is 0 Å². The molecule has 1 unspecified atom stereocenters. The van der Waals surface area contributed by atoms with Crippen molar-refractivity contribution in [2.45, 2.75) is 38.7 Å². The van der Waals surface area contributed by atoms with Gasteiger partial charge >= 0.3 is 5.97 Å². The summed E-state index contributed by atoms with van der Waals surface area (Å²) in [6.07, 6.45) is 3.62. The van der Waals surface area contributed by atoms with Gasteiger partial charge in [-0.2, -0.15) is 0 Å². The molecule has 1 aliphatic rings. The maximum Gasteiger partial charge on any atom is 0.305 e. The van der Waals surface area contributed by atoms with E-state index in [-0.39, 0.29) is 12.1 Å². The predicted octanol–water partition coefficient (Wildman–Crippen LogP) is 1.48. The number of unbranched alkanes of at least 4 members (excludes halogenated alkanes) is 1. The van der Waals surface area contributed by atoms with Crippen LogP contribution in [-0.4, -0.2) is 32.1 Å². The summed E-state index contributed by atoms with van der Waals surface area (Å²) in [5.41, 5.74) is 0. The maximum atomic E-state index is 10.8. The third-order valence-electron chi connectivity index (χ3n) is 2.16. The van der Waals surface area contributed by atoms with Crippen molar-refractivity contribution in [3.05, 3.63) is 0 Å². The van der Waals surface area contributed by atoms with Crippen LogP contribution in [0.1, 0.15) is 32.6 Å². The maximum absolute atomic E-state index is 10.8. The molecule has 1 saturated heterocycles. The quantitative estimate of drug-likeness (QED) is 0.483. The van der Waals surface area contributed by atoms with Gasteiger partial charge in [0.2, 0.25) is 0 Å². The average Bonchev–Trinajstić information content (AvgIpc) is 2.69. The van der Waals surface area contributed by atoms with Crippen LogP contribution in [-0.2, 0) is 19.0 Å². The fourth-order valence-electron chi connectivity index (χ4n) is 1.30. The normalized spacial score (nSPS) is 21.1. The third kappa shape index (κ3) is 4.58. The number of carbonyl (C=O) groups excluding carboxylic acids is 1. The smallest absolute Gasteiger partial charge is 0.305 e. The zero-order valence-corrected chi connectivity index (χ0v) is 8.66. The molecule has 4 nitrogen and oxygen atoms in total. The van der Waals surface area contributed by atoms with Crippen LogP contribution in [0, 0.1) is 0 Å². The summed E-state index contributed by atoms with van der Waals surface area (Å²) in [6, 6.07) is 0. The van der Waals surface area contributed by atoms with E-state index < -0.39 is 0 Å². The first-order valence-corrected chi connectivity index (χ1v) is 5.18. The van der Waals surface area contributed by atoms with Crippen molar-refractivity contribution in [2.75, 3.05) is 20.0 Å². The average molecular weight is 202 g/mol. The first-order valence-electron chi connectivity index (χ1n) is 5.18. The minimum absolute atomic E-state index is 0.120. The summed E-state index contributed by atoms with van der Waals surface area (Å²) >= 11 is 0. The Morgan fingerprint density at radius 2 is 2.36 bits per heavy atom. The van der Waals surface area contributed by atoms with Gasteiger partial charge in [0.15, 0.2) is 0 Å². The molecule has 1 atom stereocenters. The molecule has 0 bridgehead atoms. The Hall–Kier alpha value is -0.610. The Balaban J connectivity index is 1.86. The van der Waals surface area contributed by atoms with E-state index in [2.05, 4.69) is 0 Å². The topological polar surface area (TPSA) is 44.8 Å². The van der Waals surface area contributed by atoms with Gasteiger partial charge in [0.1, 0.15) is 6.79 Å². The molecule has 1 heterocycles. The highest BCUT2D eigenvalue weighted by atomic mass is 16.7. The van der Waals surface area contributed by atoms with E-state index in [0.717, 1.165) is 19.3 Å². The van der Waals surface area contributed by atoms with Crippen molar-refractivity contribution in [1.82, 2.24) is 0 Å². The van der Waals surface area contributed by atoms with Gasteiger partial charge in [-0.25, -0.2) is 0 Å². The van der Waals surface area contributed by atoms with Gasteiger partial charge < -0.3 is 14.2 Å². The van der Waals surface area contributed by atoms with E-state index in [1.165, 1.54) is 0 Å². The molecule has 1 fully saturated rings. The first-order chi connectivity index (χ1) is 6.83. The van der Waals surface area contributed by atoms with Gasteiger partial charge in [-0.15, -0.1) is 0 Å². The standard InChI is InChI=1S/C10H18O4/c1-2-10(11)13-6-4-3-5-9-7-12-8-14-9/h9H,2-8H2,1H3. The van der Waals surface area contributed by atoms with E-state index in [1.54, 1.807) is 6.92 Å². The molecular weight excluding hydrogens is 184 g/mol. The van der Waals surface area contributed by atoms with Gasteiger partial charge in [0.25, 0.3) is 0 Å². The monoisotopic (exact) mass is 202 g/mol. The first kappa shape index (κ1) is 11.5. The van der Waals surface area contributed by atoms with Crippen LogP contribution in [0.25, 0.3) is 0 Å². The van der Waals surface area contributed by atoms with Crippen LogP contribution in [0.3, 0.4) is 0 Å². The van der Waals surface area contributed by atoms with Crippen LogP contribution in [0.2, 0.25) is 0 Å². The molecule has 0 aromatic heterocycles. The second-order valence-electron chi connectivity index (χ2n) is 3.35. The number of hydrogen-bond acceptors (Lipinski definition) is 4. The summed E-state index contributed by atoms with van der Waals surface area (Å²) in [7, 11) is 0. The van der Waals surface area contributed by atoms with Gasteiger partial charge in [-0.3, -0.25) is 4.79 Å². The second-order valence-corrected chi connectivity index (χ2v) is 3.35. The molecule has 1 aliphatic heterocycles. The molecular formula is C10H18O4. The summed E-state index contributed by atoms with van der Waals surface area (Å²) < 4.78 is 15.3. The fraction of sp³-hybridized carbons (Fsp3) is 0.900. The highest BCUT2D eigenvalue weighted by molar-refractivity contribution is 5.68. The lowest BCUT2D eigenvalue weighted by atomic mass is 10.2. The van der Waals surface area contributed by atoms with Crippen molar-refractivity contribution in [1.29, 1.82) is 0 Å². The van der Waals surface area contributed by atoms with Crippen molar-refractivity contribution < 1.29 is 19.0 Å². The number of esters is 1. The van der Waals surface area contributed by atoms with E-state index in [4.69, 9.17) is 14.2 Å². The molecule has 0 aromatic carbocycles. The lowest BCUT2D eigenvalue weighted by Gasteiger charge is -2.06. The SMILES string of the molecule is CCC(=O)OCCCCC1COCO1. The lowest BCUT2D eigenvalue weighted by Crippen LogP contribution is -2.10. The lowest BCUT2D eigenvalue weighted by molar-refractivity contribution is -0.143. The summed E-state index contributed by atoms with van der Waals surface area (Å²) in [5.74, 6) is -0.120. The van der Waals surface area contributed by atoms with E-state index in [9.17, 15) is 4.79 Å². The Kier molecular flexibility index (Phi) is 5.56. The Labute approximate surface area is 84.5 Å². The van der Waals surface area contributed by atoms with Crippen LogP contribution < -0.4 is 0 Å². The molecule has 0 amide bonds. The fourth-order valence-corrected chi connectivity index (χ4v) is 1.30. The Morgan fingerprint density at radius 3 is 3.00 bits per heavy atom. The minimum Gasteiger partial charge on any atom is -0.466 e. The van der Waals surface area contributed by atoms with Crippen LogP contribution in [0.5, 0.6) is 0 Å². The molecule has 82 valence electrons. The van der Waals surface area contributed by atoms with Gasteiger partial charge in [0, 0.05) is 6.42 Å². The molecule has 0 saturated carbocycles. The number of ether oxygens (including phenoxy) is 3. The van der Waals surface area contributed by atoms with E-state index >= 15 is 0 Å². The summed E-state index contributed by atoms with van der Waals surface area (Å²) in [6.45, 7) is 3.45. The second kappa shape index (κ2) is 6.79. The highest BCUT2D eigenvalue weighted by Crippen LogP contribution is 2.10. The Bertz CT molecular complexity index is 164. The largest absolute Gasteiger partial charge is 0.466 e. The van der Waals surface area contributed by atoms with E-state index in [0.29, 0.717) is 26.4 Å². The number of carbonyl (C=O) groups is 1. The molecule has 14 heavy (non-hydrogen) atoms. The third-order valence-corrected chi connectivity index (χ3v) is 2.16. The number of rotatable bonds is 6. The minimum atomic E-state index is -0.120. The zero-order chi connectivity index (χ0) is 10.2. The van der Waals surface area contributed by atoms with Gasteiger partial charge in [0.05, 0.1) is 19.3 Å². The van der Waals surface area contributed by atoms with Crippen LogP contribution >= 0.6 is 0 Å². The Morgan fingerprint density at radius 1 is 1.50 bits per heavy atom. The molecule has 4 heteroatoms. The molecule has 0 radical (unpaired) electrons. The van der Waals surface area contributed by atoms with Crippen LogP contribution in [0.15, 0.2) is 0 Å². The van der Waals surface area contributed by atoms with Crippen LogP contribution in [0.4, 0.5) is 0 Å². The zero-order valence-electron chi connectivity index (χ0n) is 8.66. The number of hydrogen-bond donors (Lipinski definition) is 0. The van der Waals surface area contributed by atoms with Crippen molar-refractivity contribution in [3.8, 4) is 0 Å². The van der Waals surface area contributed by atoms with Gasteiger partial charge in [-0.05, 0) is 19.3 Å². The van der Waals surface area contributed by atoms with Gasteiger partial charge in [-0.1, -0.05) is 6.92 Å². The molecule has 0 N–H and O–H groups in total. The highest BCUT2D eigenvalue weighted by Gasteiger charge is 2.14. The van der Waals surface area contributed by atoms with Crippen molar-refractivity contribution in [3.63, 3.8) is 0 Å². The molecule has 0 spiro atoms. The summed E-state index contributed by atoms with van der Waals surface area (Å²) in [4.78, 5) is 10.8. The molecule has 1 rings (SSSR count). The predicted molar refractivity (Wildman–Crippen MR) is 50.8 cm³/mol. The van der Waals surface area contributed by atoms with Crippen molar-refractivity contribution >= 4 is 5.97 Å². The summed E-state index contributed by atoms with van der Waals surface area (Å²) in [5, 5.41) is 0.